The molecule has 40 heavy (non-hydrogen) atoms. The third-order valence-corrected chi connectivity index (χ3v) is 6.41. The smallest absolute Gasteiger partial charge is 0.264 e. The molecular formula is C31H25N7O2. The van der Waals surface area contributed by atoms with Gasteiger partial charge in [0, 0.05) is 42.6 Å². The molecule has 0 bridgehead atoms. The molecule has 0 radical (unpaired) electrons. The minimum absolute atomic E-state index is 0.178. The third kappa shape index (κ3) is 4.41. The maximum atomic E-state index is 14.4. The van der Waals surface area contributed by atoms with Crippen molar-refractivity contribution < 1.29 is 11.6 Å². The zero-order valence-corrected chi connectivity index (χ0v) is 21.8. The molecule has 6 aromatic rings. The predicted octanol–water partition coefficient (Wildman–Crippen LogP) is 3.97. The van der Waals surface area contributed by atoms with Gasteiger partial charge in [0.1, 0.15) is 11.3 Å². The highest BCUT2D eigenvalue weighted by atomic mass is 16.2. The van der Waals surface area contributed by atoms with Gasteiger partial charge in [-0.25, -0.2) is 9.50 Å². The molecule has 9 nitrogen and oxygen atoms in total. The molecule has 196 valence electrons. The first-order chi connectivity index (χ1) is 21.5. The van der Waals surface area contributed by atoms with Crippen LogP contribution in [0.25, 0.3) is 22.1 Å². The molecule has 2 aromatic carbocycles. The van der Waals surface area contributed by atoms with Gasteiger partial charge in [-0.1, -0.05) is 36.2 Å². The molecule has 0 spiro atoms. The van der Waals surface area contributed by atoms with Crippen LogP contribution < -0.4 is 10.9 Å². The van der Waals surface area contributed by atoms with Crippen molar-refractivity contribution in [3.05, 3.63) is 124 Å². The minimum Gasteiger partial charge on any atom is -0.344 e. The zero-order valence-electron chi connectivity index (χ0n) is 26.8. The molecule has 6 rings (SSSR count). The molecule has 1 N–H and O–H groups in total. The van der Waals surface area contributed by atoms with E-state index in [-0.39, 0.29) is 22.3 Å². The molecule has 4 aromatic heterocycles. The average Bonchev–Trinajstić information content (AvgIpc) is 3.60. The molecule has 0 aliphatic heterocycles. The van der Waals surface area contributed by atoms with Crippen molar-refractivity contribution in [3.63, 3.8) is 0 Å². The lowest BCUT2D eigenvalue weighted by Crippen LogP contribution is -2.32. The summed E-state index contributed by atoms with van der Waals surface area (Å²) in [6.45, 7) is 3.32. The van der Waals surface area contributed by atoms with Crippen molar-refractivity contribution in [2.24, 2.45) is 7.05 Å². The highest BCUT2D eigenvalue weighted by molar-refractivity contribution is 6.01. The summed E-state index contributed by atoms with van der Waals surface area (Å²) in [7, 11) is 1.76. The van der Waals surface area contributed by atoms with Gasteiger partial charge in [-0.2, -0.15) is 10.2 Å². The van der Waals surface area contributed by atoms with Crippen LogP contribution in [0.5, 0.6) is 0 Å². The van der Waals surface area contributed by atoms with Crippen LogP contribution in [0.4, 0.5) is 0 Å². The Morgan fingerprint density at radius 2 is 1.90 bits per heavy atom. The Morgan fingerprint density at radius 1 is 1.07 bits per heavy atom. The summed E-state index contributed by atoms with van der Waals surface area (Å²) < 4.78 is 46.1. The SMILES string of the molecule is [2H]c1c([2H])c([2H])c(-n2c([C@H](C)NC(=O)c3c(C)nn4cccnc34)cc3cccc(C#Cc4ccn(C)n4)c3c2=O)c([2H])c1[2H]. The Balaban J connectivity index is 1.58. The summed E-state index contributed by atoms with van der Waals surface area (Å²) in [5.41, 5.74) is 1.07. The number of hydrogen-bond donors (Lipinski definition) is 1. The van der Waals surface area contributed by atoms with Gasteiger partial charge in [-0.05, 0) is 61.5 Å². The van der Waals surface area contributed by atoms with E-state index in [1.54, 1.807) is 80.6 Å². The van der Waals surface area contributed by atoms with E-state index in [2.05, 4.69) is 32.3 Å². The first-order valence-corrected chi connectivity index (χ1v) is 12.4. The second-order valence-corrected chi connectivity index (χ2v) is 9.12. The van der Waals surface area contributed by atoms with E-state index in [1.165, 1.54) is 4.52 Å². The first kappa shape index (κ1) is 19.6. The highest BCUT2D eigenvalue weighted by Crippen LogP contribution is 2.24. The Morgan fingerprint density at radius 3 is 2.67 bits per heavy atom. The van der Waals surface area contributed by atoms with Crippen LogP contribution in [-0.2, 0) is 7.05 Å². The standard InChI is InChI=1S/C31H25N7O2/c1-20(33-30(39)27-21(2)34-37-17-8-16-32-29(27)37)26-19-23-10-7-9-22(13-14-24-15-18-36(3)35-24)28(23)31(40)38(26)25-11-5-4-6-12-25/h4-12,15-20H,1-3H3,(H,33,39)/t20-/m0/s1/i4D,5D,6D,11D,12D. The molecule has 0 saturated carbocycles. The monoisotopic (exact) mass is 532 g/mol. The van der Waals surface area contributed by atoms with Gasteiger partial charge >= 0.3 is 0 Å². The maximum absolute atomic E-state index is 14.4. The van der Waals surface area contributed by atoms with Gasteiger partial charge in [-0.15, -0.1) is 0 Å². The molecular weight excluding hydrogens is 502 g/mol. The summed E-state index contributed by atoms with van der Waals surface area (Å²) in [4.78, 5) is 32.3. The quantitative estimate of drug-likeness (QED) is 0.347. The number of carbonyl (C=O) groups is 1. The third-order valence-electron chi connectivity index (χ3n) is 6.41. The van der Waals surface area contributed by atoms with E-state index >= 15 is 0 Å². The second kappa shape index (κ2) is 10.0. The summed E-state index contributed by atoms with van der Waals surface area (Å²) in [6, 6.07) is 6.37. The summed E-state index contributed by atoms with van der Waals surface area (Å²) in [6.07, 6.45) is 4.96. The second-order valence-electron chi connectivity index (χ2n) is 9.12. The molecule has 9 heteroatoms. The molecule has 0 saturated heterocycles. The Kier molecular flexibility index (Phi) is 4.89. The molecule has 0 aliphatic carbocycles. The number of nitrogens with one attached hydrogen (secondary N) is 1. The number of rotatable bonds is 4. The summed E-state index contributed by atoms with van der Waals surface area (Å²) in [5.74, 6) is 5.44. The number of aromatic nitrogens is 6. The van der Waals surface area contributed by atoms with E-state index in [0.717, 1.165) is 4.57 Å². The fourth-order valence-electron chi connectivity index (χ4n) is 4.61. The fraction of sp³-hybridized carbons (Fsp3) is 0.129. The number of para-hydroxylation sites is 1. The summed E-state index contributed by atoms with van der Waals surface area (Å²) in [5, 5.41) is 12.2. The number of benzene rings is 2. The molecule has 1 atom stereocenters. The maximum Gasteiger partial charge on any atom is 0.264 e. The lowest BCUT2D eigenvalue weighted by Gasteiger charge is -2.21. The van der Waals surface area contributed by atoms with Gasteiger partial charge in [0.25, 0.3) is 11.5 Å². The molecule has 4 heterocycles. The lowest BCUT2D eigenvalue weighted by molar-refractivity contribution is 0.0939. The van der Waals surface area contributed by atoms with Crippen molar-refractivity contribution in [1.82, 2.24) is 34.3 Å². The van der Waals surface area contributed by atoms with Crippen LogP contribution in [0.2, 0.25) is 0 Å². The lowest BCUT2D eigenvalue weighted by atomic mass is 10.0. The Labute approximate surface area is 236 Å². The Hall–Kier alpha value is -5.49. The normalized spacial score (nSPS) is 13.5. The number of aryl methyl sites for hydroxylation is 2. The van der Waals surface area contributed by atoms with Gasteiger partial charge in [0.2, 0.25) is 0 Å². The minimum atomic E-state index is -0.881. The molecule has 1 amide bonds. The van der Waals surface area contributed by atoms with Gasteiger partial charge < -0.3 is 5.32 Å². The van der Waals surface area contributed by atoms with Crippen LogP contribution in [0, 0.1) is 18.8 Å². The number of carbonyl (C=O) groups excluding carboxylic acids is 1. The van der Waals surface area contributed by atoms with Crippen molar-refractivity contribution in [3.8, 4) is 17.5 Å². The van der Waals surface area contributed by atoms with Crippen molar-refractivity contribution in [2.75, 3.05) is 0 Å². The predicted molar refractivity (Wildman–Crippen MR) is 152 cm³/mol. The first-order valence-electron chi connectivity index (χ1n) is 14.9. The molecule has 0 fully saturated rings. The van der Waals surface area contributed by atoms with Crippen LogP contribution in [0.1, 0.15) is 52.8 Å². The summed E-state index contributed by atoms with van der Waals surface area (Å²) >= 11 is 0. The van der Waals surface area contributed by atoms with Gasteiger partial charge in [-0.3, -0.25) is 18.8 Å². The van der Waals surface area contributed by atoms with Crippen molar-refractivity contribution in [1.29, 1.82) is 0 Å². The number of fused-ring (bicyclic) bond motifs is 2. The average molecular weight is 533 g/mol. The highest BCUT2D eigenvalue weighted by Gasteiger charge is 2.23. The van der Waals surface area contributed by atoms with E-state index in [0.29, 0.717) is 28.0 Å². The number of pyridine rings is 1. The van der Waals surface area contributed by atoms with Crippen molar-refractivity contribution in [2.45, 2.75) is 19.9 Å². The zero-order chi connectivity index (χ0) is 32.2. The molecule has 0 unspecified atom stereocenters. The largest absolute Gasteiger partial charge is 0.344 e. The Bertz CT molecular complexity index is 2280. The van der Waals surface area contributed by atoms with Crippen molar-refractivity contribution >= 4 is 22.3 Å². The van der Waals surface area contributed by atoms with Gasteiger partial charge in [0.15, 0.2) is 5.65 Å². The van der Waals surface area contributed by atoms with E-state index < -0.39 is 47.7 Å². The van der Waals surface area contributed by atoms with Gasteiger partial charge in [0.05, 0.1) is 24.0 Å². The van der Waals surface area contributed by atoms with Crippen LogP contribution >= 0.6 is 0 Å². The van der Waals surface area contributed by atoms with E-state index in [9.17, 15) is 9.59 Å². The fourth-order valence-corrected chi connectivity index (χ4v) is 4.61. The number of nitrogens with zero attached hydrogens (tertiary/aromatic N) is 6. The number of amides is 1. The topological polar surface area (TPSA) is 99.1 Å². The van der Waals surface area contributed by atoms with E-state index in [1.807, 2.05) is 0 Å². The molecule has 0 aliphatic rings. The van der Waals surface area contributed by atoms with E-state index in [4.69, 9.17) is 6.85 Å². The van der Waals surface area contributed by atoms with Crippen LogP contribution in [0.15, 0.2) is 90.0 Å². The number of hydrogen-bond acceptors (Lipinski definition) is 5. The van der Waals surface area contributed by atoms with Crippen LogP contribution in [0.3, 0.4) is 0 Å². The van der Waals surface area contributed by atoms with Crippen LogP contribution in [-0.4, -0.2) is 34.9 Å².